The molecule has 1 aliphatic rings. The van der Waals surface area contributed by atoms with Gasteiger partial charge in [0.2, 0.25) is 5.91 Å². The molecule has 1 aromatic carbocycles. The Morgan fingerprint density at radius 1 is 1.15 bits per heavy atom. The highest BCUT2D eigenvalue weighted by Gasteiger charge is 2.29. The molecule has 1 aliphatic heterocycles. The summed E-state index contributed by atoms with van der Waals surface area (Å²) < 4.78 is 2.12. The molecule has 0 bridgehead atoms. The third-order valence-electron chi connectivity index (χ3n) is 5.12. The van der Waals surface area contributed by atoms with E-state index in [1.165, 1.54) is 23.7 Å². The van der Waals surface area contributed by atoms with Crippen LogP contribution in [0.2, 0.25) is 0 Å². The highest BCUT2D eigenvalue weighted by atomic mass is 32.2. The van der Waals surface area contributed by atoms with Crippen LogP contribution in [0.3, 0.4) is 0 Å². The summed E-state index contributed by atoms with van der Waals surface area (Å²) in [7, 11) is 0. The molecule has 0 saturated carbocycles. The summed E-state index contributed by atoms with van der Waals surface area (Å²) in [5, 5.41) is 9.55. The van der Waals surface area contributed by atoms with Gasteiger partial charge in [-0.25, -0.2) is 0 Å². The molecule has 0 aliphatic carbocycles. The highest BCUT2D eigenvalue weighted by molar-refractivity contribution is 7.99. The van der Waals surface area contributed by atoms with E-state index in [1.54, 1.807) is 0 Å². The molecule has 0 N–H and O–H groups in total. The van der Waals surface area contributed by atoms with Gasteiger partial charge in [0.15, 0.2) is 5.16 Å². The van der Waals surface area contributed by atoms with Gasteiger partial charge in [0.1, 0.15) is 5.82 Å². The lowest BCUT2D eigenvalue weighted by atomic mass is 9.98. The maximum absolute atomic E-state index is 12.7. The number of aromatic nitrogens is 3. The van der Waals surface area contributed by atoms with Crippen molar-refractivity contribution in [1.29, 1.82) is 0 Å². The molecule has 1 amide bonds. The number of hydrogen-bond acceptors (Lipinski definition) is 4. The molecule has 3 rings (SSSR count). The monoisotopic (exact) mass is 372 g/mol. The van der Waals surface area contributed by atoms with E-state index in [-0.39, 0.29) is 5.91 Å². The minimum atomic E-state index is 0.213. The second-order valence-corrected chi connectivity index (χ2v) is 7.97. The van der Waals surface area contributed by atoms with E-state index in [0.717, 1.165) is 36.8 Å². The van der Waals surface area contributed by atoms with Crippen molar-refractivity contribution in [3.05, 3.63) is 41.7 Å². The fraction of sp³-hybridized carbons (Fsp3) is 0.550. The third kappa shape index (κ3) is 4.29. The third-order valence-corrected chi connectivity index (χ3v) is 6.07. The molecule has 1 aromatic heterocycles. The van der Waals surface area contributed by atoms with Crippen LogP contribution >= 0.6 is 11.8 Å². The maximum atomic E-state index is 12.7. The van der Waals surface area contributed by atoms with Gasteiger partial charge in [-0.1, -0.05) is 42.1 Å². The molecule has 140 valence electrons. The average molecular weight is 373 g/mol. The number of thioether (sulfide) groups is 1. The van der Waals surface area contributed by atoms with Crippen LogP contribution in [0.4, 0.5) is 0 Å². The van der Waals surface area contributed by atoms with Gasteiger partial charge in [0, 0.05) is 25.0 Å². The number of nitrogens with zero attached hydrogens (tertiary/aromatic N) is 4. The van der Waals surface area contributed by atoms with Gasteiger partial charge < -0.3 is 9.47 Å². The van der Waals surface area contributed by atoms with Crippen molar-refractivity contribution in [1.82, 2.24) is 19.7 Å². The van der Waals surface area contributed by atoms with Crippen LogP contribution in [-0.2, 0) is 17.8 Å². The van der Waals surface area contributed by atoms with Gasteiger partial charge in [-0.3, -0.25) is 4.79 Å². The van der Waals surface area contributed by atoms with E-state index in [0.29, 0.717) is 17.8 Å². The van der Waals surface area contributed by atoms with Crippen molar-refractivity contribution in [2.45, 2.75) is 70.2 Å². The first kappa shape index (κ1) is 19.0. The van der Waals surface area contributed by atoms with E-state index in [4.69, 9.17) is 0 Å². The van der Waals surface area contributed by atoms with Gasteiger partial charge >= 0.3 is 0 Å². The summed E-state index contributed by atoms with van der Waals surface area (Å²) in [6, 6.07) is 11.0. The summed E-state index contributed by atoms with van der Waals surface area (Å²) in [6.45, 7) is 7.22. The first-order chi connectivity index (χ1) is 12.6. The summed E-state index contributed by atoms with van der Waals surface area (Å²) in [4.78, 5) is 14.8. The van der Waals surface area contributed by atoms with E-state index < -0.39 is 0 Å². The molecule has 0 spiro atoms. The largest absolute Gasteiger partial charge is 0.337 e. The Labute approximate surface area is 160 Å². The molecule has 2 atom stereocenters. The number of rotatable bonds is 6. The van der Waals surface area contributed by atoms with Crippen molar-refractivity contribution < 1.29 is 4.79 Å². The van der Waals surface area contributed by atoms with Crippen LogP contribution < -0.4 is 0 Å². The van der Waals surface area contributed by atoms with Crippen LogP contribution in [0.1, 0.15) is 51.4 Å². The van der Waals surface area contributed by atoms with Crippen LogP contribution in [-0.4, -0.2) is 43.4 Å². The molecule has 26 heavy (non-hydrogen) atoms. The summed E-state index contributed by atoms with van der Waals surface area (Å²) >= 11 is 1.51. The zero-order valence-corrected chi connectivity index (χ0v) is 16.7. The molecule has 2 aromatic rings. The lowest BCUT2D eigenvalue weighted by molar-refractivity contribution is -0.134. The maximum Gasteiger partial charge on any atom is 0.233 e. The number of hydrogen-bond donors (Lipinski definition) is 0. The zero-order valence-electron chi connectivity index (χ0n) is 15.9. The molecule has 5 nitrogen and oxygen atoms in total. The van der Waals surface area contributed by atoms with Crippen LogP contribution in [0.5, 0.6) is 0 Å². The van der Waals surface area contributed by atoms with Crippen molar-refractivity contribution in [2.24, 2.45) is 0 Å². The predicted molar refractivity (Wildman–Crippen MR) is 105 cm³/mol. The smallest absolute Gasteiger partial charge is 0.233 e. The zero-order chi connectivity index (χ0) is 18.5. The SMILES string of the molecule is CCn1c(Cc2ccccc2)nnc1SCC(=O)N1C(C)CCCC1C. The van der Waals surface area contributed by atoms with Crippen molar-refractivity contribution in [3.63, 3.8) is 0 Å². The van der Waals surface area contributed by atoms with Crippen LogP contribution in [0, 0.1) is 0 Å². The fourth-order valence-electron chi connectivity index (χ4n) is 3.77. The van der Waals surface area contributed by atoms with Crippen LogP contribution in [0.25, 0.3) is 0 Å². The first-order valence-electron chi connectivity index (χ1n) is 9.50. The summed E-state index contributed by atoms with van der Waals surface area (Å²) in [5.74, 6) is 1.59. The first-order valence-corrected chi connectivity index (χ1v) is 10.5. The standard InChI is InChI=1S/C20H28N4OS/c1-4-23-18(13-17-11-6-5-7-12-17)21-22-20(23)26-14-19(25)24-15(2)9-8-10-16(24)3/h5-7,11-12,15-16H,4,8-10,13-14H2,1-3H3. The van der Waals surface area contributed by atoms with E-state index in [9.17, 15) is 4.79 Å². The normalized spacial score (nSPS) is 20.3. The number of carbonyl (C=O) groups is 1. The van der Waals surface area contributed by atoms with Gasteiger partial charge in [-0.05, 0) is 45.6 Å². The van der Waals surface area contributed by atoms with Gasteiger partial charge in [0.05, 0.1) is 5.75 Å². The fourth-order valence-corrected chi connectivity index (χ4v) is 4.66. The number of piperidine rings is 1. The molecule has 2 unspecified atom stereocenters. The Bertz CT molecular complexity index is 721. The highest BCUT2D eigenvalue weighted by Crippen LogP contribution is 2.25. The van der Waals surface area contributed by atoms with Crippen molar-refractivity contribution in [3.8, 4) is 0 Å². The van der Waals surface area contributed by atoms with E-state index in [2.05, 4.69) is 52.6 Å². The summed E-state index contributed by atoms with van der Waals surface area (Å²) in [5.41, 5.74) is 1.22. The molecule has 6 heteroatoms. The Hall–Kier alpha value is -1.82. The van der Waals surface area contributed by atoms with Gasteiger partial charge in [0.25, 0.3) is 0 Å². The number of likely N-dealkylation sites (tertiary alicyclic amines) is 1. The average Bonchev–Trinajstić information content (AvgIpc) is 3.02. The second kappa shape index (κ2) is 8.71. The summed E-state index contributed by atoms with van der Waals surface area (Å²) in [6.07, 6.45) is 4.18. The predicted octanol–water partition coefficient (Wildman–Crippen LogP) is 3.77. The lowest BCUT2D eigenvalue weighted by Gasteiger charge is -2.39. The number of benzene rings is 1. The van der Waals surface area contributed by atoms with Gasteiger partial charge in [-0.2, -0.15) is 0 Å². The topological polar surface area (TPSA) is 51.0 Å². The Balaban J connectivity index is 1.65. The van der Waals surface area contributed by atoms with Gasteiger partial charge in [-0.15, -0.1) is 10.2 Å². The van der Waals surface area contributed by atoms with E-state index >= 15 is 0 Å². The quantitative estimate of drug-likeness (QED) is 0.724. The van der Waals surface area contributed by atoms with E-state index in [1.807, 2.05) is 18.2 Å². The molecule has 0 radical (unpaired) electrons. The Morgan fingerprint density at radius 3 is 2.50 bits per heavy atom. The molecule has 2 heterocycles. The lowest BCUT2D eigenvalue weighted by Crippen LogP contribution is -2.48. The second-order valence-electron chi connectivity index (χ2n) is 7.02. The van der Waals surface area contributed by atoms with Crippen molar-refractivity contribution in [2.75, 3.05) is 5.75 Å². The molecular weight excluding hydrogens is 344 g/mol. The Kier molecular flexibility index (Phi) is 6.35. The Morgan fingerprint density at radius 2 is 1.85 bits per heavy atom. The number of amides is 1. The molecular formula is C20H28N4OS. The minimum Gasteiger partial charge on any atom is -0.337 e. The minimum absolute atomic E-state index is 0.213. The van der Waals surface area contributed by atoms with Crippen LogP contribution in [0.15, 0.2) is 35.5 Å². The number of carbonyl (C=O) groups excluding carboxylic acids is 1. The van der Waals surface area contributed by atoms with Crippen molar-refractivity contribution >= 4 is 17.7 Å². The molecule has 1 saturated heterocycles. The molecule has 1 fully saturated rings.